The quantitative estimate of drug-likeness (QED) is 0.812. The van der Waals surface area contributed by atoms with E-state index in [1.807, 2.05) is 6.07 Å². The first-order valence-electron chi connectivity index (χ1n) is 5.36. The number of halogens is 3. The van der Waals surface area contributed by atoms with E-state index in [0.717, 1.165) is 4.47 Å². The summed E-state index contributed by atoms with van der Waals surface area (Å²) in [5.74, 6) is -0.0277. The molecule has 0 fully saturated rings. The van der Waals surface area contributed by atoms with E-state index in [1.54, 1.807) is 24.3 Å². The topological polar surface area (TPSA) is 33.0 Å². The lowest BCUT2D eigenvalue weighted by atomic mass is 10.2. The average molecular weight is 341 g/mol. The van der Waals surface area contributed by atoms with Crippen LogP contribution in [0.5, 0.6) is 5.75 Å². The van der Waals surface area contributed by atoms with Crippen LogP contribution in [0.2, 0.25) is 5.02 Å². The van der Waals surface area contributed by atoms with Crippen LogP contribution in [0, 0.1) is 17.1 Å². The van der Waals surface area contributed by atoms with Gasteiger partial charge in [0.05, 0.1) is 10.6 Å². The second kappa shape index (κ2) is 6.05. The van der Waals surface area contributed by atoms with Gasteiger partial charge >= 0.3 is 0 Å². The standard InChI is InChI=1S/C14H8BrClFNO/c15-11-2-4-14(10(6-11)7-18)19-8-9-1-3-12(16)13(17)5-9/h1-6H,8H2. The summed E-state index contributed by atoms with van der Waals surface area (Å²) in [7, 11) is 0. The first-order valence-corrected chi connectivity index (χ1v) is 6.53. The molecule has 0 aliphatic carbocycles. The summed E-state index contributed by atoms with van der Waals surface area (Å²) >= 11 is 8.88. The number of rotatable bonds is 3. The van der Waals surface area contributed by atoms with Crippen LogP contribution >= 0.6 is 27.5 Å². The summed E-state index contributed by atoms with van der Waals surface area (Å²) in [6.07, 6.45) is 0. The maximum absolute atomic E-state index is 13.3. The summed E-state index contributed by atoms with van der Waals surface area (Å²) in [4.78, 5) is 0. The second-order valence-electron chi connectivity index (χ2n) is 3.79. The number of hydrogen-bond acceptors (Lipinski definition) is 2. The summed E-state index contributed by atoms with van der Waals surface area (Å²) in [6.45, 7) is 0.171. The van der Waals surface area contributed by atoms with Crippen LogP contribution in [0.1, 0.15) is 11.1 Å². The van der Waals surface area contributed by atoms with Crippen LogP contribution in [0.4, 0.5) is 4.39 Å². The highest BCUT2D eigenvalue weighted by molar-refractivity contribution is 9.10. The lowest BCUT2D eigenvalue weighted by Crippen LogP contribution is -1.98. The molecule has 0 unspecified atom stereocenters. The zero-order chi connectivity index (χ0) is 13.8. The Balaban J connectivity index is 2.14. The molecule has 0 radical (unpaired) electrons. The van der Waals surface area contributed by atoms with Gasteiger partial charge in [0.1, 0.15) is 24.2 Å². The van der Waals surface area contributed by atoms with E-state index >= 15 is 0 Å². The number of ether oxygens (including phenoxy) is 1. The van der Waals surface area contributed by atoms with E-state index in [1.165, 1.54) is 12.1 Å². The lowest BCUT2D eigenvalue weighted by molar-refractivity contribution is 0.304. The van der Waals surface area contributed by atoms with Crippen molar-refractivity contribution in [3.8, 4) is 11.8 Å². The summed E-state index contributed by atoms with van der Waals surface area (Å²) in [6, 6.07) is 11.6. The minimum atomic E-state index is -0.487. The zero-order valence-electron chi connectivity index (χ0n) is 9.66. The normalized spacial score (nSPS) is 10.0. The molecule has 0 saturated carbocycles. The molecule has 0 atom stereocenters. The van der Waals surface area contributed by atoms with Crippen molar-refractivity contribution in [2.45, 2.75) is 6.61 Å². The molecule has 0 bridgehead atoms. The third-order valence-corrected chi connectivity index (χ3v) is 3.24. The summed E-state index contributed by atoms with van der Waals surface area (Å²) < 4.78 is 19.6. The number of nitrogens with zero attached hydrogens (tertiary/aromatic N) is 1. The monoisotopic (exact) mass is 339 g/mol. The number of nitriles is 1. The molecule has 5 heteroatoms. The lowest BCUT2D eigenvalue weighted by Gasteiger charge is -2.08. The number of benzene rings is 2. The third-order valence-electron chi connectivity index (χ3n) is 2.44. The van der Waals surface area contributed by atoms with Crippen molar-refractivity contribution in [3.05, 3.63) is 62.8 Å². The summed E-state index contributed by atoms with van der Waals surface area (Å²) in [5, 5.41) is 9.07. The van der Waals surface area contributed by atoms with Crippen LogP contribution in [-0.2, 0) is 6.61 Å². The van der Waals surface area contributed by atoms with Crippen molar-refractivity contribution >= 4 is 27.5 Å². The van der Waals surface area contributed by atoms with Gasteiger partial charge in [0, 0.05) is 4.47 Å². The van der Waals surface area contributed by atoms with Crippen molar-refractivity contribution in [2.75, 3.05) is 0 Å². The molecule has 0 aliphatic heterocycles. The smallest absolute Gasteiger partial charge is 0.142 e. The Morgan fingerprint density at radius 1 is 1.26 bits per heavy atom. The molecule has 0 N–H and O–H groups in total. The predicted molar refractivity (Wildman–Crippen MR) is 74.6 cm³/mol. The maximum Gasteiger partial charge on any atom is 0.142 e. The van der Waals surface area contributed by atoms with Gasteiger partial charge < -0.3 is 4.74 Å². The van der Waals surface area contributed by atoms with Gasteiger partial charge in [0.2, 0.25) is 0 Å². The molecule has 2 nitrogen and oxygen atoms in total. The van der Waals surface area contributed by atoms with Crippen molar-refractivity contribution in [1.29, 1.82) is 5.26 Å². The van der Waals surface area contributed by atoms with E-state index < -0.39 is 5.82 Å². The molecule has 0 heterocycles. The van der Waals surface area contributed by atoms with Gasteiger partial charge in [0.15, 0.2) is 0 Å². The average Bonchev–Trinajstić information content (AvgIpc) is 2.41. The Kier molecular flexibility index (Phi) is 4.41. The molecule has 0 amide bonds. The predicted octanol–water partition coefficient (Wildman–Crippen LogP) is 4.69. The molecule has 0 spiro atoms. The Morgan fingerprint density at radius 3 is 2.74 bits per heavy atom. The van der Waals surface area contributed by atoms with Gasteiger partial charge in [0.25, 0.3) is 0 Å². The highest BCUT2D eigenvalue weighted by Gasteiger charge is 2.06. The fourth-order valence-electron chi connectivity index (χ4n) is 1.51. The molecule has 0 aliphatic rings. The Hall–Kier alpha value is -1.57. The second-order valence-corrected chi connectivity index (χ2v) is 5.11. The van der Waals surface area contributed by atoms with Crippen LogP contribution < -0.4 is 4.74 Å². The first-order chi connectivity index (χ1) is 9.10. The van der Waals surface area contributed by atoms with Crippen LogP contribution in [0.3, 0.4) is 0 Å². The fraction of sp³-hybridized carbons (Fsp3) is 0.0714. The van der Waals surface area contributed by atoms with E-state index in [2.05, 4.69) is 15.9 Å². The van der Waals surface area contributed by atoms with Gasteiger partial charge in [-0.25, -0.2) is 4.39 Å². The zero-order valence-corrected chi connectivity index (χ0v) is 12.0. The van der Waals surface area contributed by atoms with E-state index in [9.17, 15) is 4.39 Å². The SMILES string of the molecule is N#Cc1cc(Br)ccc1OCc1ccc(Cl)c(F)c1. The molecular weight excluding hydrogens is 333 g/mol. The van der Waals surface area contributed by atoms with E-state index in [4.69, 9.17) is 21.6 Å². The maximum atomic E-state index is 13.3. The largest absolute Gasteiger partial charge is 0.488 e. The molecule has 2 rings (SSSR count). The van der Waals surface area contributed by atoms with E-state index in [0.29, 0.717) is 16.9 Å². The van der Waals surface area contributed by atoms with Gasteiger partial charge in [-0.2, -0.15) is 5.26 Å². The molecule has 19 heavy (non-hydrogen) atoms. The molecule has 96 valence electrons. The highest BCUT2D eigenvalue weighted by Crippen LogP contribution is 2.24. The molecule has 0 aromatic heterocycles. The first kappa shape index (κ1) is 13.9. The van der Waals surface area contributed by atoms with Crippen molar-refractivity contribution in [2.24, 2.45) is 0 Å². The molecule has 2 aromatic rings. The van der Waals surface area contributed by atoms with Crippen LogP contribution in [-0.4, -0.2) is 0 Å². The van der Waals surface area contributed by atoms with Crippen molar-refractivity contribution in [3.63, 3.8) is 0 Å². The third kappa shape index (κ3) is 3.46. The molecule has 2 aromatic carbocycles. The van der Waals surface area contributed by atoms with Crippen LogP contribution in [0.15, 0.2) is 40.9 Å². The Bertz CT molecular complexity index is 654. The highest BCUT2D eigenvalue weighted by atomic mass is 79.9. The Labute approximate surface area is 123 Å². The van der Waals surface area contributed by atoms with Crippen molar-refractivity contribution in [1.82, 2.24) is 0 Å². The van der Waals surface area contributed by atoms with Crippen molar-refractivity contribution < 1.29 is 9.13 Å². The fourth-order valence-corrected chi connectivity index (χ4v) is 1.98. The minimum absolute atomic E-state index is 0.0742. The minimum Gasteiger partial charge on any atom is -0.488 e. The summed E-state index contributed by atoms with van der Waals surface area (Å²) in [5.41, 5.74) is 1.07. The van der Waals surface area contributed by atoms with E-state index in [-0.39, 0.29) is 11.6 Å². The molecule has 0 saturated heterocycles. The van der Waals surface area contributed by atoms with Gasteiger partial charge in [-0.15, -0.1) is 0 Å². The Morgan fingerprint density at radius 2 is 2.05 bits per heavy atom. The van der Waals surface area contributed by atoms with Gasteiger partial charge in [-0.1, -0.05) is 33.6 Å². The van der Waals surface area contributed by atoms with Crippen LogP contribution in [0.25, 0.3) is 0 Å². The molecular formula is C14H8BrClFNO. The number of hydrogen-bond donors (Lipinski definition) is 0. The van der Waals surface area contributed by atoms with Gasteiger partial charge in [-0.05, 0) is 35.9 Å². The van der Waals surface area contributed by atoms with Gasteiger partial charge in [-0.3, -0.25) is 0 Å².